The Kier molecular flexibility index (Phi) is 2.99. The Labute approximate surface area is 88.2 Å². The van der Waals surface area contributed by atoms with Gasteiger partial charge in [0.25, 0.3) is 0 Å². The van der Waals surface area contributed by atoms with Crippen LogP contribution in [0.4, 0.5) is 0 Å². The molecule has 0 saturated carbocycles. The fourth-order valence-corrected chi connectivity index (χ4v) is 2.82. The molecule has 1 fully saturated rings. The monoisotopic (exact) mass is 199 g/mol. The minimum absolute atomic E-state index is 0.106. The molecule has 1 rings (SSSR count). The number of hydrogen-bond donors (Lipinski definition) is 1. The van der Waals surface area contributed by atoms with E-state index in [1.807, 2.05) is 0 Å². The Bertz CT molecular complexity index is 200. The van der Waals surface area contributed by atoms with Gasteiger partial charge in [-0.25, -0.2) is 0 Å². The van der Waals surface area contributed by atoms with Crippen molar-refractivity contribution >= 4 is 0 Å². The maximum atomic E-state index is 6.37. The highest BCUT2D eigenvalue weighted by atomic mass is 16.5. The van der Waals surface area contributed by atoms with Gasteiger partial charge in [-0.1, -0.05) is 41.5 Å². The minimum Gasteiger partial charge on any atom is -0.372 e. The van der Waals surface area contributed by atoms with Crippen LogP contribution in [0.5, 0.6) is 0 Å². The first-order valence-corrected chi connectivity index (χ1v) is 5.64. The van der Waals surface area contributed by atoms with Crippen LogP contribution >= 0.6 is 0 Å². The summed E-state index contributed by atoms with van der Waals surface area (Å²) in [6.45, 7) is 14.0. The number of nitrogens with two attached hydrogens (primary N) is 1. The first-order chi connectivity index (χ1) is 6.25. The van der Waals surface area contributed by atoms with E-state index in [9.17, 15) is 0 Å². The molecule has 0 radical (unpaired) electrons. The molecule has 1 aliphatic rings. The van der Waals surface area contributed by atoms with Crippen LogP contribution in [0, 0.1) is 17.3 Å². The standard InChI is InChI=1S/C12H25NO/c1-8(2)12(9(3)4)10(13)11(5,6)7-14-12/h8-10H,7,13H2,1-6H3/t10-/m0/s1. The summed E-state index contributed by atoms with van der Waals surface area (Å²) in [5.41, 5.74) is 6.34. The van der Waals surface area contributed by atoms with Crippen LogP contribution in [0.25, 0.3) is 0 Å². The zero-order valence-electron chi connectivity index (χ0n) is 10.4. The molecule has 0 aromatic rings. The van der Waals surface area contributed by atoms with E-state index in [0.29, 0.717) is 11.8 Å². The van der Waals surface area contributed by atoms with Crippen LogP contribution in [-0.2, 0) is 4.74 Å². The molecule has 0 amide bonds. The lowest BCUT2D eigenvalue weighted by molar-refractivity contribution is -0.0764. The molecule has 1 heterocycles. The Morgan fingerprint density at radius 3 is 1.71 bits per heavy atom. The highest BCUT2D eigenvalue weighted by Gasteiger charge is 2.55. The smallest absolute Gasteiger partial charge is 0.0884 e. The van der Waals surface area contributed by atoms with E-state index in [1.54, 1.807) is 0 Å². The molecule has 0 unspecified atom stereocenters. The molecule has 0 aromatic carbocycles. The number of ether oxygens (including phenoxy) is 1. The molecule has 0 aliphatic carbocycles. The van der Waals surface area contributed by atoms with Gasteiger partial charge in [0.2, 0.25) is 0 Å². The zero-order valence-corrected chi connectivity index (χ0v) is 10.4. The molecule has 2 N–H and O–H groups in total. The van der Waals surface area contributed by atoms with Gasteiger partial charge < -0.3 is 10.5 Å². The molecule has 84 valence electrons. The summed E-state index contributed by atoms with van der Waals surface area (Å²) < 4.78 is 6.07. The summed E-state index contributed by atoms with van der Waals surface area (Å²) in [6.07, 6.45) is 0. The van der Waals surface area contributed by atoms with Crippen LogP contribution in [0.1, 0.15) is 41.5 Å². The van der Waals surface area contributed by atoms with Crippen LogP contribution < -0.4 is 5.73 Å². The van der Waals surface area contributed by atoms with E-state index in [-0.39, 0.29) is 17.1 Å². The summed E-state index contributed by atoms with van der Waals surface area (Å²) in [4.78, 5) is 0. The fourth-order valence-electron chi connectivity index (χ4n) is 2.82. The molecule has 1 aliphatic heterocycles. The zero-order chi connectivity index (χ0) is 11.1. The third-order valence-electron chi connectivity index (χ3n) is 3.83. The molecule has 14 heavy (non-hydrogen) atoms. The minimum atomic E-state index is -0.135. The van der Waals surface area contributed by atoms with Crippen molar-refractivity contribution in [2.24, 2.45) is 23.0 Å². The Morgan fingerprint density at radius 2 is 1.57 bits per heavy atom. The van der Waals surface area contributed by atoms with Crippen LogP contribution in [-0.4, -0.2) is 18.2 Å². The predicted molar refractivity (Wildman–Crippen MR) is 60.1 cm³/mol. The van der Waals surface area contributed by atoms with Crippen molar-refractivity contribution in [3.05, 3.63) is 0 Å². The second-order valence-electron chi connectivity index (χ2n) is 5.92. The number of rotatable bonds is 2. The number of hydrogen-bond acceptors (Lipinski definition) is 2. The molecule has 0 bridgehead atoms. The Balaban J connectivity index is 3.03. The molecule has 2 nitrogen and oxygen atoms in total. The normalized spacial score (nSPS) is 30.2. The lowest BCUT2D eigenvalue weighted by Crippen LogP contribution is -2.56. The van der Waals surface area contributed by atoms with Crippen molar-refractivity contribution in [1.82, 2.24) is 0 Å². The van der Waals surface area contributed by atoms with Gasteiger partial charge in [-0.05, 0) is 11.8 Å². The topological polar surface area (TPSA) is 35.2 Å². The largest absolute Gasteiger partial charge is 0.372 e. The molecule has 1 saturated heterocycles. The van der Waals surface area contributed by atoms with Gasteiger partial charge in [0, 0.05) is 11.5 Å². The van der Waals surface area contributed by atoms with E-state index in [2.05, 4.69) is 41.5 Å². The van der Waals surface area contributed by atoms with Gasteiger partial charge in [0.1, 0.15) is 0 Å². The van der Waals surface area contributed by atoms with Crippen LogP contribution in [0.3, 0.4) is 0 Å². The van der Waals surface area contributed by atoms with Gasteiger partial charge in [0.05, 0.1) is 12.2 Å². The first kappa shape index (κ1) is 12.0. The molecule has 0 spiro atoms. The molecular weight excluding hydrogens is 174 g/mol. The Morgan fingerprint density at radius 1 is 1.14 bits per heavy atom. The predicted octanol–water partition coefficient (Wildman–Crippen LogP) is 2.42. The second kappa shape index (κ2) is 3.49. The average molecular weight is 199 g/mol. The summed E-state index contributed by atoms with van der Waals surface area (Å²) in [7, 11) is 0. The summed E-state index contributed by atoms with van der Waals surface area (Å²) in [6, 6.07) is 0.134. The van der Waals surface area contributed by atoms with E-state index in [0.717, 1.165) is 6.61 Å². The average Bonchev–Trinajstić information content (AvgIpc) is 2.25. The fraction of sp³-hybridized carbons (Fsp3) is 1.00. The van der Waals surface area contributed by atoms with Gasteiger partial charge in [-0.2, -0.15) is 0 Å². The molecule has 1 atom stereocenters. The third kappa shape index (κ3) is 1.49. The van der Waals surface area contributed by atoms with Gasteiger partial charge in [-0.15, -0.1) is 0 Å². The highest BCUT2D eigenvalue weighted by Crippen LogP contribution is 2.46. The van der Waals surface area contributed by atoms with Crippen LogP contribution in [0.15, 0.2) is 0 Å². The summed E-state index contributed by atoms with van der Waals surface area (Å²) in [5.74, 6) is 0.943. The quantitative estimate of drug-likeness (QED) is 0.741. The molecular formula is C12H25NO. The van der Waals surface area contributed by atoms with Crippen LogP contribution in [0.2, 0.25) is 0 Å². The van der Waals surface area contributed by atoms with Gasteiger partial charge in [0.15, 0.2) is 0 Å². The summed E-state index contributed by atoms with van der Waals surface area (Å²) >= 11 is 0. The van der Waals surface area contributed by atoms with Crippen molar-refractivity contribution in [3.63, 3.8) is 0 Å². The van der Waals surface area contributed by atoms with E-state index in [1.165, 1.54) is 0 Å². The third-order valence-corrected chi connectivity index (χ3v) is 3.83. The van der Waals surface area contributed by atoms with Crippen molar-refractivity contribution in [2.45, 2.75) is 53.2 Å². The maximum absolute atomic E-state index is 6.37. The van der Waals surface area contributed by atoms with Gasteiger partial charge >= 0.3 is 0 Å². The molecule has 0 aromatic heterocycles. The first-order valence-electron chi connectivity index (χ1n) is 5.64. The SMILES string of the molecule is CC(C)C1(C(C)C)OCC(C)(C)[C@@H]1N. The Hall–Kier alpha value is -0.0800. The maximum Gasteiger partial charge on any atom is 0.0884 e. The van der Waals surface area contributed by atoms with Crippen molar-refractivity contribution in [2.75, 3.05) is 6.61 Å². The van der Waals surface area contributed by atoms with E-state index < -0.39 is 0 Å². The lowest BCUT2D eigenvalue weighted by Gasteiger charge is -2.42. The lowest BCUT2D eigenvalue weighted by atomic mass is 9.69. The van der Waals surface area contributed by atoms with Crippen molar-refractivity contribution < 1.29 is 4.74 Å². The second-order valence-corrected chi connectivity index (χ2v) is 5.92. The van der Waals surface area contributed by atoms with Crippen molar-refractivity contribution in [1.29, 1.82) is 0 Å². The molecule has 2 heteroatoms. The van der Waals surface area contributed by atoms with Gasteiger partial charge in [-0.3, -0.25) is 0 Å². The van der Waals surface area contributed by atoms with E-state index in [4.69, 9.17) is 10.5 Å². The van der Waals surface area contributed by atoms with E-state index >= 15 is 0 Å². The highest BCUT2D eigenvalue weighted by molar-refractivity contribution is 5.07. The van der Waals surface area contributed by atoms with Crippen molar-refractivity contribution in [3.8, 4) is 0 Å². The summed E-state index contributed by atoms with van der Waals surface area (Å²) in [5, 5.41) is 0.